The maximum absolute atomic E-state index is 13.3. The number of benzene rings is 1. The molecule has 1 saturated heterocycles. The first-order valence-corrected chi connectivity index (χ1v) is 10.1. The van der Waals surface area contributed by atoms with Crippen molar-refractivity contribution in [3.05, 3.63) is 23.8 Å². The van der Waals surface area contributed by atoms with Gasteiger partial charge in [-0.3, -0.25) is 10.1 Å². The number of ether oxygens (including phenoxy) is 3. The molecule has 3 rings (SSSR count). The van der Waals surface area contributed by atoms with E-state index in [0.29, 0.717) is 35.6 Å². The molecule has 2 atom stereocenters. The molecular formula is C21H30N2O5. The molecule has 154 valence electrons. The maximum atomic E-state index is 13.3. The predicted molar refractivity (Wildman–Crippen MR) is 106 cm³/mol. The molecule has 0 unspecified atom stereocenters. The zero-order valence-electron chi connectivity index (χ0n) is 16.7. The quantitative estimate of drug-likeness (QED) is 0.750. The summed E-state index contributed by atoms with van der Waals surface area (Å²) < 4.78 is 15.3. The standard InChI is InChI=1S/C21H30N2O5/c1-26-12-13-28-21(25)22-16-9-10-17(19(14-16)27-2)20(24)23-11-5-7-15-6-3-4-8-18(15)23/h9-10,14-15,18H,3-8,11-13H2,1-2H3,(H,22,25)/t15-,18-/m1/s1. The molecule has 2 aliphatic rings. The van der Waals surface area contributed by atoms with Crippen LogP contribution >= 0.6 is 0 Å². The Morgan fingerprint density at radius 2 is 1.89 bits per heavy atom. The summed E-state index contributed by atoms with van der Waals surface area (Å²) in [7, 11) is 3.08. The Labute approximate surface area is 166 Å². The minimum Gasteiger partial charge on any atom is -0.496 e. The Kier molecular flexibility index (Phi) is 7.14. The van der Waals surface area contributed by atoms with E-state index in [1.165, 1.54) is 32.8 Å². The molecule has 1 saturated carbocycles. The number of piperidine rings is 1. The number of methoxy groups -OCH3 is 2. The summed E-state index contributed by atoms with van der Waals surface area (Å²) in [4.78, 5) is 27.1. The van der Waals surface area contributed by atoms with Gasteiger partial charge in [-0.15, -0.1) is 0 Å². The van der Waals surface area contributed by atoms with Gasteiger partial charge in [0.2, 0.25) is 0 Å². The summed E-state index contributed by atoms with van der Waals surface area (Å²) in [5, 5.41) is 2.64. The van der Waals surface area contributed by atoms with Gasteiger partial charge in [0, 0.05) is 31.5 Å². The number of rotatable bonds is 6. The van der Waals surface area contributed by atoms with Gasteiger partial charge in [0.15, 0.2) is 0 Å². The average molecular weight is 390 g/mol. The van der Waals surface area contributed by atoms with Crippen molar-refractivity contribution in [2.24, 2.45) is 5.92 Å². The van der Waals surface area contributed by atoms with Gasteiger partial charge < -0.3 is 19.1 Å². The van der Waals surface area contributed by atoms with E-state index in [1.807, 2.05) is 4.90 Å². The van der Waals surface area contributed by atoms with Gasteiger partial charge in [-0.05, 0) is 43.7 Å². The Bertz CT molecular complexity index is 691. The van der Waals surface area contributed by atoms with Crippen molar-refractivity contribution in [2.45, 2.75) is 44.6 Å². The molecule has 1 aliphatic carbocycles. The summed E-state index contributed by atoms with van der Waals surface area (Å²) in [5.41, 5.74) is 1.05. The van der Waals surface area contributed by atoms with Crippen LogP contribution in [0.3, 0.4) is 0 Å². The van der Waals surface area contributed by atoms with E-state index in [9.17, 15) is 9.59 Å². The lowest BCUT2D eigenvalue weighted by atomic mass is 9.78. The van der Waals surface area contributed by atoms with Crippen LogP contribution in [0.2, 0.25) is 0 Å². The zero-order valence-corrected chi connectivity index (χ0v) is 16.7. The predicted octanol–water partition coefficient (Wildman–Crippen LogP) is 3.68. The second-order valence-electron chi connectivity index (χ2n) is 7.42. The first-order chi connectivity index (χ1) is 13.6. The lowest BCUT2D eigenvalue weighted by Gasteiger charge is -2.44. The van der Waals surface area contributed by atoms with E-state index in [2.05, 4.69) is 5.32 Å². The van der Waals surface area contributed by atoms with Crippen LogP contribution < -0.4 is 10.1 Å². The summed E-state index contributed by atoms with van der Waals surface area (Å²) in [6.45, 7) is 1.31. The fourth-order valence-corrected chi connectivity index (χ4v) is 4.35. The van der Waals surface area contributed by atoms with E-state index in [4.69, 9.17) is 14.2 Å². The van der Waals surface area contributed by atoms with Crippen molar-refractivity contribution in [3.8, 4) is 5.75 Å². The minimum absolute atomic E-state index is 0.0164. The molecule has 7 heteroatoms. The molecular weight excluding hydrogens is 360 g/mol. The molecule has 2 amide bonds. The summed E-state index contributed by atoms with van der Waals surface area (Å²) in [6.07, 6.45) is 6.48. The monoisotopic (exact) mass is 390 g/mol. The molecule has 1 aromatic rings. The third-order valence-electron chi connectivity index (χ3n) is 5.70. The number of likely N-dealkylation sites (tertiary alicyclic amines) is 1. The van der Waals surface area contributed by atoms with Crippen molar-refractivity contribution in [2.75, 3.05) is 39.3 Å². The maximum Gasteiger partial charge on any atom is 0.411 e. The van der Waals surface area contributed by atoms with Crippen molar-refractivity contribution in [1.29, 1.82) is 0 Å². The highest BCUT2D eigenvalue weighted by Crippen LogP contribution is 2.37. The normalized spacial score (nSPS) is 21.6. The van der Waals surface area contributed by atoms with Crippen LogP contribution in [0.4, 0.5) is 10.5 Å². The number of amides is 2. The Morgan fingerprint density at radius 1 is 1.11 bits per heavy atom. The number of carbonyl (C=O) groups excluding carboxylic acids is 2. The van der Waals surface area contributed by atoms with Gasteiger partial charge in [0.1, 0.15) is 12.4 Å². The van der Waals surface area contributed by atoms with Crippen molar-refractivity contribution in [1.82, 2.24) is 4.90 Å². The molecule has 2 fully saturated rings. The second-order valence-corrected chi connectivity index (χ2v) is 7.42. The van der Waals surface area contributed by atoms with Crippen LogP contribution in [0.1, 0.15) is 48.9 Å². The number of anilines is 1. The fourth-order valence-electron chi connectivity index (χ4n) is 4.35. The van der Waals surface area contributed by atoms with E-state index in [-0.39, 0.29) is 12.5 Å². The minimum atomic E-state index is -0.570. The number of fused-ring (bicyclic) bond motifs is 1. The lowest BCUT2D eigenvalue weighted by molar-refractivity contribution is 0.0388. The average Bonchev–Trinajstić information content (AvgIpc) is 2.73. The summed E-state index contributed by atoms with van der Waals surface area (Å²) in [5.74, 6) is 1.10. The molecule has 0 bridgehead atoms. The van der Waals surface area contributed by atoms with E-state index in [0.717, 1.165) is 19.4 Å². The molecule has 0 aromatic heterocycles. The van der Waals surface area contributed by atoms with Gasteiger partial charge in [-0.2, -0.15) is 0 Å². The van der Waals surface area contributed by atoms with Gasteiger partial charge >= 0.3 is 6.09 Å². The highest BCUT2D eigenvalue weighted by Gasteiger charge is 2.36. The fraction of sp³-hybridized carbons (Fsp3) is 0.619. The van der Waals surface area contributed by atoms with Crippen LogP contribution in [0, 0.1) is 5.92 Å². The summed E-state index contributed by atoms with van der Waals surface area (Å²) >= 11 is 0. The van der Waals surface area contributed by atoms with Crippen molar-refractivity contribution < 1.29 is 23.8 Å². The van der Waals surface area contributed by atoms with Gasteiger partial charge in [-0.1, -0.05) is 12.8 Å². The van der Waals surface area contributed by atoms with Crippen LogP contribution in [-0.4, -0.2) is 56.9 Å². The molecule has 1 aromatic carbocycles. The van der Waals surface area contributed by atoms with E-state index < -0.39 is 6.09 Å². The van der Waals surface area contributed by atoms with Crippen LogP contribution in [-0.2, 0) is 9.47 Å². The molecule has 1 heterocycles. The number of hydrogen-bond acceptors (Lipinski definition) is 5. The highest BCUT2D eigenvalue weighted by atomic mass is 16.6. The van der Waals surface area contributed by atoms with Crippen LogP contribution in [0.25, 0.3) is 0 Å². The topological polar surface area (TPSA) is 77.1 Å². The van der Waals surface area contributed by atoms with Gasteiger partial charge in [0.05, 0.1) is 19.3 Å². The second kappa shape index (κ2) is 9.78. The van der Waals surface area contributed by atoms with Crippen LogP contribution in [0.5, 0.6) is 5.75 Å². The smallest absolute Gasteiger partial charge is 0.411 e. The van der Waals surface area contributed by atoms with Crippen LogP contribution in [0.15, 0.2) is 18.2 Å². The number of nitrogens with zero attached hydrogens (tertiary/aromatic N) is 1. The number of hydrogen-bond donors (Lipinski definition) is 1. The van der Waals surface area contributed by atoms with Gasteiger partial charge in [-0.25, -0.2) is 4.79 Å². The third kappa shape index (κ3) is 4.76. The Morgan fingerprint density at radius 3 is 2.68 bits per heavy atom. The zero-order chi connectivity index (χ0) is 19.9. The van der Waals surface area contributed by atoms with Gasteiger partial charge in [0.25, 0.3) is 5.91 Å². The van der Waals surface area contributed by atoms with E-state index >= 15 is 0 Å². The SMILES string of the molecule is COCCOC(=O)Nc1ccc(C(=O)N2CCC[C@H]3CCCC[C@H]32)c(OC)c1. The largest absolute Gasteiger partial charge is 0.496 e. The first kappa shape index (κ1) is 20.5. The molecule has 0 spiro atoms. The molecule has 1 aliphatic heterocycles. The molecule has 0 radical (unpaired) electrons. The Hall–Kier alpha value is -2.28. The molecule has 1 N–H and O–H groups in total. The lowest BCUT2D eigenvalue weighted by Crippen LogP contribution is -2.49. The Balaban J connectivity index is 1.71. The molecule has 7 nitrogen and oxygen atoms in total. The third-order valence-corrected chi connectivity index (χ3v) is 5.70. The van der Waals surface area contributed by atoms with Crippen molar-refractivity contribution >= 4 is 17.7 Å². The number of carbonyl (C=O) groups is 2. The first-order valence-electron chi connectivity index (χ1n) is 10.1. The summed E-state index contributed by atoms with van der Waals surface area (Å²) in [6, 6.07) is 5.43. The van der Waals surface area contributed by atoms with E-state index in [1.54, 1.807) is 25.3 Å². The number of nitrogens with one attached hydrogen (secondary N) is 1. The molecule has 28 heavy (non-hydrogen) atoms. The highest BCUT2D eigenvalue weighted by molar-refractivity contribution is 5.98. The van der Waals surface area contributed by atoms with Crippen molar-refractivity contribution in [3.63, 3.8) is 0 Å².